The molecule has 0 saturated heterocycles. The molecule has 0 spiro atoms. The van der Waals surface area contributed by atoms with Crippen molar-refractivity contribution in [2.45, 2.75) is 32.5 Å². The van der Waals surface area contributed by atoms with Gasteiger partial charge in [-0.05, 0) is 45.0 Å². The number of carbonyl (C=O) groups excluding carboxylic acids is 1. The molecule has 4 nitrogen and oxygen atoms in total. The number of hydrogen-bond donors (Lipinski definition) is 2. The number of nitrogens with one attached hydrogen (secondary N) is 1. The predicted molar refractivity (Wildman–Crippen MR) is 76.0 cm³/mol. The number of urea groups is 1. The van der Waals surface area contributed by atoms with E-state index in [0.29, 0.717) is 19.5 Å². The minimum absolute atomic E-state index is 0.0673. The molecule has 0 bridgehead atoms. The van der Waals surface area contributed by atoms with Crippen LogP contribution in [0.3, 0.4) is 0 Å². The number of halogens is 3. The van der Waals surface area contributed by atoms with Crippen LogP contribution < -0.4 is 11.1 Å². The van der Waals surface area contributed by atoms with Gasteiger partial charge >= 0.3 is 12.2 Å². The van der Waals surface area contributed by atoms with Gasteiger partial charge in [0.05, 0.1) is 5.56 Å². The molecule has 0 aliphatic carbocycles. The molecule has 1 aromatic rings. The molecule has 3 N–H and O–H groups in total. The van der Waals surface area contributed by atoms with Crippen molar-refractivity contribution < 1.29 is 18.0 Å². The van der Waals surface area contributed by atoms with Crippen molar-refractivity contribution in [2.75, 3.05) is 18.4 Å². The third-order valence-electron chi connectivity index (χ3n) is 2.93. The summed E-state index contributed by atoms with van der Waals surface area (Å²) in [4.78, 5) is 13.6. The SMILES string of the molecule is CC(C)N(CCCN)C(=O)Nc1cccc(C(F)(F)F)c1. The lowest BCUT2D eigenvalue weighted by atomic mass is 10.2. The normalized spacial score (nSPS) is 11.6. The van der Waals surface area contributed by atoms with Crippen molar-refractivity contribution in [1.29, 1.82) is 0 Å². The number of benzene rings is 1. The second-order valence-electron chi connectivity index (χ2n) is 4.94. The third kappa shape index (κ3) is 5.26. The van der Waals surface area contributed by atoms with Gasteiger partial charge in [-0.25, -0.2) is 4.79 Å². The van der Waals surface area contributed by atoms with E-state index in [1.807, 2.05) is 13.8 Å². The molecule has 118 valence electrons. The number of anilines is 1. The number of nitrogens with zero attached hydrogens (tertiary/aromatic N) is 1. The van der Waals surface area contributed by atoms with E-state index in [4.69, 9.17) is 5.73 Å². The molecule has 0 heterocycles. The van der Waals surface area contributed by atoms with Crippen LogP contribution in [-0.2, 0) is 6.18 Å². The van der Waals surface area contributed by atoms with Crippen LogP contribution in [0.15, 0.2) is 24.3 Å². The Balaban J connectivity index is 2.81. The van der Waals surface area contributed by atoms with Crippen LogP contribution >= 0.6 is 0 Å². The van der Waals surface area contributed by atoms with Gasteiger partial charge in [0.15, 0.2) is 0 Å². The molecule has 0 fully saturated rings. The average molecular weight is 303 g/mol. The maximum Gasteiger partial charge on any atom is 0.416 e. The Morgan fingerprint density at radius 1 is 1.38 bits per heavy atom. The molecule has 21 heavy (non-hydrogen) atoms. The Labute approximate surface area is 122 Å². The highest BCUT2D eigenvalue weighted by molar-refractivity contribution is 5.89. The summed E-state index contributed by atoms with van der Waals surface area (Å²) in [6.45, 7) is 4.57. The molecule has 7 heteroatoms. The molecular weight excluding hydrogens is 283 g/mol. The standard InChI is InChI=1S/C14H20F3N3O/c1-10(2)20(8-4-7-18)13(21)19-12-6-3-5-11(9-12)14(15,16)17/h3,5-6,9-10H,4,7-8,18H2,1-2H3,(H,19,21). The summed E-state index contributed by atoms with van der Waals surface area (Å²) in [5.74, 6) is 0. The maximum absolute atomic E-state index is 12.6. The summed E-state index contributed by atoms with van der Waals surface area (Å²) in [6, 6.07) is 4.07. The van der Waals surface area contributed by atoms with E-state index in [1.165, 1.54) is 17.0 Å². The summed E-state index contributed by atoms with van der Waals surface area (Å²) in [5, 5.41) is 2.49. The first-order chi connectivity index (χ1) is 9.75. The highest BCUT2D eigenvalue weighted by atomic mass is 19.4. The van der Waals surface area contributed by atoms with E-state index < -0.39 is 17.8 Å². The second-order valence-corrected chi connectivity index (χ2v) is 4.94. The third-order valence-corrected chi connectivity index (χ3v) is 2.93. The highest BCUT2D eigenvalue weighted by Crippen LogP contribution is 2.30. The molecule has 0 aromatic heterocycles. The minimum atomic E-state index is -4.43. The number of nitrogens with two attached hydrogens (primary N) is 1. The van der Waals surface area contributed by atoms with Gasteiger partial charge in [-0.15, -0.1) is 0 Å². The lowest BCUT2D eigenvalue weighted by Gasteiger charge is -2.27. The maximum atomic E-state index is 12.6. The van der Waals surface area contributed by atoms with Gasteiger partial charge < -0.3 is 16.0 Å². The summed E-state index contributed by atoms with van der Waals surface area (Å²) >= 11 is 0. The highest BCUT2D eigenvalue weighted by Gasteiger charge is 2.30. The monoisotopic (exact) mass is 303 g/mol. The fourth-order valence-electron chi connectivity index (χ4n) is 1.82. The van der Waals surface area contributed by atoms with Gasteiger partial charge in [0.1, 0.15) is 0 Å². The Bertz CT molecular complexity index is 475. The summed E-state index contributed by atoms with van der Waals surface area (Å²) in [5.41, 5.74) is 4.74. The molecule has 0 saturated carbocycles. The Morgan fingerprint density at radius 2 is 2.05 bits per heavy atom. The lowest BCUT2D eigenvalue weighted by Crippen LogP contribution is -2.41. The lowest BCUT2D eigenvalue weighted by molar-refractivity contribution is -0.137. The average Bonchev–Trinajstić information content (AvgIpc) is 2.38. The molecule has 1 aromatic carbocycles. The van der Waals surface area contributed by atoms with Gasteiger partial charge in [-0.1, -0.05) is 6.07 Å². The van der Waals surface area contributed by atoms with Crippen LogP contribution in [-0.4, -0.2) is 30.1 Å². The Kier molecular flexibility index (Phi) is 6.02. The van der Waals surface area contributed by atoms with Gasteiger partial charge in [-0.3, -0.25) is 0 Å². The molecular formula is C14H20F3N3O. The number of carbonyl (C=O) groups is 1. The first kappa shape index (κ1) is 17.3. The molecule has 0 unspecified atom stereocenters. The Hall–Kier alpha value is -1.76. The van der Waals surface area contributed by atoms with Crippen LogP contribution in [0.2, 0.25) is 0 Å². The van der Waals surface area contributed by atoms with Crippen LogP contribution in [0.1, 0.15) is 25.8 Å². The van der Waals surface area contributed by atoms with Crippen molar-refractivity contribution in [3.63, 3.8) is 0 Å². The van der Waals surface area contributed by atoms with Gasteiger partial charge in [0, 0.05) is 18.3 Å². The largest absolute Gasteiger partial charge is 0.416 e. The van der Waals surface area contributed by atoms with Crippen molar-refractivity contribution in [3.8, 4) is 0 Å². The van der Waals surface area contributed by atoms with Crippen molar-refractivity contribution >= 4 is 11.7 Å². The molecule has 0 aliphatic heterocycles. The smallest absolute Gasteiger partial charge is 0.330 e. The predicted octanol–water partition coefficient (Wildman–Crippen LogP) is 3.30. The van der Waals surface area contributed by atoms with Crippen LogP contribution in [0.25, 0.3) is 0 Å². The van der Waals surface area contributed by atoms with E-state index in [-0.39, 0.29) is 11.7 Å². The van der Waals surface area contributed by atoms with E-state index in [9.17, 15) is 18.0 Å². The molecule has 1 rings (SSSR count). The molecule has 0 aliphatic rings. The number of amides is 2. The van der Waals surface area contributed by atoms with Gasteiger partial charge in [0.2, 0.25) is 0 Å². The topological polar surface area (TPSA) is 58.4 Å². The summed E-state index contributed by atoms with van der Waals surface area (Å²) in [7, 11) is 0. The first-order valence-corrected chi connectivity index (χ1v) is 6.70. The van der Waals surface area contributed by atoms with Crippen LogP contribution in [0, 0.1) is 0 Å². The molecule has 0 atom stereocenters. The quantitative estimate of drug-likeness (QED) is 0.877. The fourth-order valence-corrected chi connectivity index (χ4v) is 1.82. The van der Waals surface area contributed by atoms with Crippen LogP contribution in [0.5, 0.6) is 0 Å². The zero-order valence-corrected chi connectivity index (χ0v) is 12.1. The van der Waals surface area contributed by atoms with E-state index >= 15 is 0 Å². The number of hydrogen-bond acceptors (Lipinski definition) is 2. The summed E-state index contributed by atoms with van der Waals surface area (Å²) in [6.07, 6.45) is -3.80. The molecule has 0 radical (unpaired) electrons. The van der Waals surface area contributed by atoms with E-state index in [1.54, 1.807) is 0 Å². The number of alkyl halides is 3. The zero-order chi connectivity index (χ0) is 16.0. The van der Waals surface area contributed by atoms with Crippen molar-refractivity contribution in [3.05, 3.63) is 29.8 Å². The van der Waals surface area contributed by atoms with Crippen LogP contribution in [0.4, 0.5) is 23.7 Å². The fraction of sp³-hybridized carbons (Fsp3) is 0.500. The first-order valence-electron chi connectivity index (χ1n) is 6.70. The minimum Gasteiger partial charge on any atom is -0.330 e. The zero-order valence-electron chi connectivity index (χ0n) is 12.1. The van der Waals surface area contributed by atoms with Crippen molar-refractivity contribution in [2.24, 2.45) is 5.73 Å². The van der Waals surface area contributed by atoms with E-state index in [0.717, 1.165) is 12.1 Å². The number of rotatable bonds is 5. The van der Waals surface area contributed by atoms with Gasteiger partial charge in [-0.2, -0.15) is 13.2 Å². The Morgan fingerprint density at radius 3 is 2.57 bits per heavy atom. The van der Waals surface area contributed by atoms with Crippen molar-refractivity contribution in [1.82, 2.24) is 4.90 Å². The van der Waals surface area contributed by atoms with Gasteiger partial charge in [0.25, 0.3) is 0 Å². The van der Waals surface area contributed by atoms with E-state index in [2.05, 4.69) is 5.32 Å². The molecule has 2 amide bonds. The second kappa shape index (κ2) is 7.31. The summed E-state index contributed by atoms with van der Waals surface area (Å²) < 4.78 is 37.9.